The molecule has 0 aliphatic rings. The van der Waals surface area contributed by atoms with Crippen LogP contribution in [0, 0.1) is 0 Å². The number of methoxy groups -OCH3 is 1. The van der Waals surface area contributed by atoms with E-state index >= 15 is 0 Å². The van der Waals surface area contributed by atoms with Crippen LogP contribution in [0.3, 0.4) is 0 Å². The molecule has 0 fully saturated rings. The largest absolute Gasteiger partial charge is 0.383 e. The van der Waals surface area contributed by atoms with Gasteiger partial charge in [0.1, 0.15) is 0 Å². The monoisotopic (exact) mass is 225 g/mol. The molecule has 16 heavy (non-hydrogen) atoms. The van der Waals surface area contributed by atoms with Gasteiger partial charge in [0, 0.05) is 39.1 Å². The predicted molar refractivity (Wildman–Crippen MR) is 63.2 cm³/mol. The number of rotatable bonds is 7. The molecule has 0 atom stereocenters. The van der Waals surface area contributed by atoms with Crippen molar-refractivity contribution in [1.82, 2.24) is 14.9 Å². The zero-order chi connectivity index (χ0) is 11.6. The van der Waals surface area contributed by atoms with Crippen molar-refractivity contribution in [2.45, 2.75) is 13.0 Å². The Morgan fingerprint density at radius 1 is 1.62 bits per heavy atom. The van der Waals surface area contributed by atoms with Crippen LogP contribution in [0.15, 0.2) is 23.7 Å². The highest BCUT2D eigenvalue weighted by Gasteiger charge is 1.92. The summed E-state index contributed by atoms with van der Waals surface area (Å²) in [5, 5.41) is 2.96. The number of ether oxygens (including phenoxy) is 1. The number of aromatic nitrogens is 2. The summed E-state index contributed by atoms with van der Waals surface area (Å²) in [5.74, 6) is 0.475. The van der Waals surface area contributed by atoms with Gasteiger partial charge in [-0.15, -0.1) is 0 Å². The van der Waals surface area contributed by atoms with Gasteiger partial charge in [-0.25, -0.2) is 4.98 Å². The molecule has 1 aromatic rings. The molecule has 0 radical (unpaired) electrons. The Morgan fingerprint density at radius 3 is 3.19 bits per heavy atom. The minimum atomic E-state index is 0.475. The molecule has 6 nitrogen and oxygen atoms in total. The van der Waals surface area contributed by atoms with Crippen molar-refractivity contribution in [1.29, 1.82) is 0 Å². The molecule has 0 unspecified atom stereocenters. The molecule has 0 saturated carbocycles. The smallest absolute Gasteiger partial charge is 0.188 e. The summed E-state index contributed by atoms with van der Waals surface area (Å²) >= 11 is 0. The first-order valence-corrected chi connectivity index (χ1v) is 5.31. The van der Waals surface area contributed by atoms with Gasteiger partial charge in [0.05, 0.1) is 12.9 Å². The molecule has 1 heterocycles. The highest BCUT2D eigenvalue weighted by Crippen LogP contribution is 1.90. The van der Waals surface area contributed by atoms with Crippen molar-refractivity contribution in [3.63, 3.8) is 0 Å². The number of imidazole rings is 1. The Morgan fingerprint density at radius 2 is 2.50 bits per heavy atom. The number of hydrogen-bond donors (Lipinski definition) is 2. The maximum Gasteiger partial charge on any atom is 0.188 e. The number of aliphatic imine (C=N–C) groups is 1. The van der Waals surface area contributed by atoms with Crippen molar-refractivity contribution in [2.75, 3.05) is 26.8 Å². The van der Waals surface area contributed by atoms with Crippen molar-refractivity contribution in [3.8, 4) is 0 Å². The van der Waals surface area contributed by atoms with Crippen molar-refractivity contribution >= 4 is 5.96 Å². The molecule has 0 amide bonds. The molecule has 90 valence electrons. The van der Waals surface area contributed by atoms with Gasteiger partial charge in [0.25, 0.3) is 0 Å². The maximum atomic E-state index is 5.64. The zero-order valence-corrected chi connectivity index (χ0v) is 9.59. The number of aryl methyl sites for hydroxylation is 1. The van der Waals surface area contributed by atoms with Crippen LogP contribution in [0.1, 0.15) is 6.42 Å². The van der Waals surface area contributed by atoms with Crippen molar-refractivity contribution in [3.05, 3.63) is 18.7 Å². The van der Waals surface area contributed by atoms with Gasteiger partial charge in [-0.3, -0.25) is 4.99 Å². The van der Waals surface area contributed by atoms with Crippen LogP contribution in [-0.2, 0) is 11.3 Å². The topological polar surface area (TPSA) is 77.5 Å². The fraction of sp³-hybridized carbons (Fsp3) is 0.600. The van der Waals surface area contributed by atoms with E-state index in [0.29, 0.717) is 25.7 Å². The Labute approximate surface area is 95.5 Å². The fourth-order valence-corrected chi connectivity index (χ4v) is 1.21. The van der Waals surface area contributed by atoms with E-state index in [1.807, 2.05) is 10.8 Å². The van der Waals surface area contributed by atoms with E-state index in [-0.39, 0.29) is 0 Å². The third-order valence-corrected chi connectivity index (χ3v) is 2.03. The zero-order valence-electron chi connectivity index (χ0n) is 9.59. The number of nitrogens with zero attached hydrogens (tertiary/aromatic N) is 3. The summed E-state index contributed by atoms with van der Waals surface area (Å²) in [6.07, 6.45) is 6.45. The van der Waals surface area contributed by atoms with Crippen LogP contribution in [-0.4, -0.2) is 42.3 Å². The molecule has 1 rings (SSSR count). The van der Waals surface area contributed by atoms with Gasteiger partial charge in [-0.05, 0) is 6.42 Å². The van der Waals surface area contributed by atoms with Crippen molar-refractivity contribution < 1.29 is 4.74 Å². The van der Waals surface area contributed by atoms with Gasteiger partial charge in [0.15, 0.2) is 5.96 Å². The van der Waals surface area contributed by atoms with E-state index in [0.717, 1.165) is 13.0 Å². The summed E-state index contributed by atoms with van der Waals surface area (Å²) in [6.45, 7) is 2.94. The quantitative estimate of drug-likeness (QED) is 0.383. The third kappa shape index (κ3) is 5.35. The first-order chi connectivity index (χ1) is 7.83. The average Bonchev–Trinajstić information content (AvgIpc) is 2.78. The Kier molecular flexibility index (Phi) is 6.02. The Balaban J connectivity index is 2.06. The molecule has 0 spiro atoms. The highest BCUT2D eigenvalue weighted by molar-refractivity contribution is 5.77. The van der Waals surface area contributed by atoms with E-state index in [1.165, 1.54) is 0 Å². The molecule has 1 aromatic heterocycles. The Bertz CT molecular complexity index is 296. The lowest BCUT2D eigenvalue weighted by atomic mass is 10.4. The molecule has 0 aromatic carbocycles. The van der Waals surface area contributed by atoms with Crippen LogP contribution in [0.5, 0.6) is 0 Å². The molecular formula is C10H19N5O. The lowest BCUT2D eigenvalue weighted by molar-refractivity contribution is 0.204. The average molecular weight is 225 g/mol. The minimum absolute atomic E-state index is 0.475. The normalized spacial score (nSPS) is 11.7. The molecule has 3 N–H and O–H groups in total. The van der Waals surface area contributed by atoms with E-state index in [9.17, 15) is 0 Å². The van der Waals surface area contributed by atoms with Crippen LogP contribution >= 0.6 is 0 Å². The lowest BCUT2D eigenvalue weighted by Crippen LogP contribution is -2.34. The standard InChI is InChI=1S/C10H19N5O/c1-16-8-5-14-10(11)13-3-2-6-15-7-4-12-9-15/h4,7,9H,2-3,5-6,8H2,1H3,(H3,11,13,14). The van der Waals surface area contributed by atoms with Crippen LogP contribution in [0.2, 0.25) is 0 Å². The summed E-state index contributed by atoms with van der Waals surface area (Å²) < 4.78 is 6.90. The first kappa shape index (κ1) is 12.5. The molecule has 6 heteroatoms. The van der Waals surface area contributed by atoms with E-state index in [2.05, 4.69) is 15.3 Å². The summed E-state index contributed by atoms with van der Waals surface area (Å²) in [6, 6.07) is 0. The van der Waals surface area contributed by atoms with Gasteiger partial charge in [-0.2, -0.15) is 0 Å². The van der Waals surface area contributed by atoms with Gasteiger partial charge in [-0.1, -0.05) is 0 Å². The third-order valence-electron chi connectivity index (χ3n) is 2.03. The predicted octanol–water partition coefficient (Wildman–Crippen LogP) is -0.176. The van der Waals surface area contributed by atoms with Gasteiger partial charge >= 0.3 is 0 Å². The summed E-state index contributed by atoms with van der Waals surface area (Å²) in [4.78, 5) is 8.15. The molecule has 0 aliphatic heterocycles. The second-order valence-electron chi connectivity index (χ2n) is 3.34. The maximum absolute atomic E-state index is 5.64. The van der Waals surface area contributed by atoms with Gasteiger partial charge < -0.3 is 20.4 Å². The lowest BCUT2D eigenvalue weighted by Gasteiger charge is -2.04. The van der Waals surface area contributed by atoms with E-state index in [4.69, 9.17) is 10.5 Å². The van der Waals surface area contributed by atoms with Crippen LogP contribution in [0.4, 0.5) is 0 Å². The molecule has 0 aliphatic carbocycles. The number of guanidine groups is 1. The number of hydrogen-bond acceptors (Lipinski definition) is 3. The molecular weight excluding hydrogens is 206 g/mol. The van der Waals surface area contributed by atoms with E-state index in [1.54, 1.807) is 19.6 Å². The summed E-state index contributed by atoms with van der Waals surface area (Å²) in [5.41, 5.74) is 5.64. The highest BCUT2D eigenvalue weighted by atomic mass is 16.5. The SMILES string of the molecule is COCCNC(N)=NCCCn1ccnc1. The van der Waals surface area contributed by atoms with E-state index < -0.39 is 0 Å². The van der Waals surface area contributed by atoms with Crippen molar-refractivity contribution in [2.24, 2.45) is 10.7 Å². The number of nitrogens with two attached hydrogens (primary N) is 1. The van der Waals surface area contributed by atoms with Gasteiger partial charge in [0.2, 0.25) is 0 Å². The van der Waals surface area contributed by atoms with Crippen LogP contribution < -0.4 is 11.1 Å². The first-order valence-electron chi connectivity index (χ1n) is 5.31. The second kappa shape index (κ2) is 7.70. The second-order valence-corrected chi connectivity index (χ2v) is 3.34. The fourth-order valence-electron chi connectivity index (χ4n) is 1.21. The number of nitrogens with one attached hydrogen (secondary N) is 1. The summed E-state index contributed by atoms with van der Waals surface area (Å²) in [7, 11) is 1.65. The molecule has 0 bridgehead atoms. The van der Waals surface area contributed by atoms with Crippen LogP contribution in [0.25, 0.3) is 0 Å². The minimum Gasteiger partial charge on any atom is -0.383 e. The Hall–Kier alpha value is -1.56. The molecule has 0 saturated heterocycles.